The largest absolute Gasteiger partial charge is 0.366 e. The van der Waals surface area contributed by atoms with Crippen LogP contribution in [0.3, 0.4) is 0 Å². The van der Waals surface area contributed by atoms with Gasteiger partial charge in [-0.15, -0.1) is 0 Å². The standard InChI is InChI=1S/C11H18N2O3S/c1-3-5-8-13(4-2)17(15,16)11-9-12-7-6-10(11)14/h6-7,9H,3-5,8H2,1-2H3,(H,12,14). The Balaban J connectivity index is 3.09. The third-order valence-corrected chi connectivity index (χ3v) is 4.52. The number of aromatic nitrogens is 1. The van der Waals surface area contributed by atoms with Crippen molar-refractivity contribution in [1.82, 2.24) is 9.29 Å². The van der Waals surface area contributed by atoms with Gasteiger partial charge in [0.2, 0.25) is 15.5 Å². The summed E-state index contributed by atoms with van der Waals surface area (Å²) in [6.07, 6.45) is 4.37. The van der Waals surface area contributed by atoms with E-state index in [9.17, 15) is 13.2 Å². The van der Waals surface area contributed by atoms with E-state index in [4.69, 9.17) is 0 Å². The molecule has 0 aliphatic heterocycles. The number of sulfonamides is 1. The van der Waals surface area contributed by atoms with Crippen molar-refractivity contribution in [3.63, 3.8) is 0 Å². The van der Waals surface area contributed by atoms with E-state index in [0.29, 0.717) is 13.1 Å². The lowest BCUT2D eigenvalue weighted by Crippen LogP contribution is -2.34. The highest BCUT2D eigenvalue weighted by atomic mass is 32.2. The van der Waals surface area contributed by atoms with E-state index in [1.807, 2.05) is 6.92 Å². The first-order valence-electron chi connectivity index (χ1n) is 5.71. The Morgan fingerprint density at radius 3 is 2.59 bits per heavy atom. The molecule has 0 spiro atoms. The van der Waals surface area contributed by atoms with Crippen LogP contribution in [-0.4, -0.2) is 30.8 Å². The van der Waals surface area contributed by atoms with Crippen LogP contribution in [0.25, 0.3) is 0 Å². The number of unbranched alkanes of at least 4 members (excludes halogenated alkanes) is 1. The lowest BCUT2D eigenvalue weighted by atomic mass is 10.3. The predicted molar refractivity (Wildman–Crippen MR) is 66.4 cm³/mol. The third kappa shape index (κ3) is 3.17. The monoisotopic (exact) mass is 258 g/mol. The molecule has 0 bridgehead atoms. The van der Waals surface area contributed by atoms with E-state index < -0.39 is 15.5 Å². The van der Waals surface area contributed by atoms with Gasteiger partial charge in [0.05, 0.1) is 0 Å². The Morgan fingerprint density at radius 2 is 2.06 bits per heavy atom. The first-order valence-corrected chi connectivity index (χ1v) is 7.15. The number of H-pyrrole nitrogens is 1. The zero-order chi connectivity index (χ0) is 12.9. The molecule has 6 heteroatoms. The molecular formula is C11H18N2O3S. The highest BCUT2D eigenvalue weighted by molar-refractivity contribution is 7.89. The summed E-state index contributed by atoms with van der Waals surface area (Å²) in [7, 11) is -3.66. The predicted octanol–water partition coefficient (Wildman–Crippen LogP) is 1.19. The third-order valence-electron chi connectivity index (χ3n) is 2.52. The van der Waals surface area contributed by atoms with Gasteiger partial charge in [-0.2, -0.15) is 4.31 Å². The second-order valence-electron chi connectivity index (χ2n) is 3.72. The fourth-order valence-corrected chi connectivity index (χ4v) is 3.05. The summed E-state index contributed by atoms with van der Waals surface area (Å²) in [4.78, 5) is 14.0. The minimum absolute atomic E-state index is 0.182. The van der Waals surface area contributed by atoms with Crippen molar-refractivity contribution in [2.24, 2.45) is 0 Å². The van der Waals surface area contributed by atoms with Crippen LogP contribution in [0.5, 0.6) is 0 Å². The maximum absolute atomic E-state index is 12.2. The molecule has 1 heterocycles. The van der Waals surface area contributed by atoms with Crippen molar-refractivity contribution in [3.8, 4) is 0 Å². The molecule has 0 aromatic carbocycles. The van der Waals surface area contributed by atoms with Crippen LogP contribution in [0.1, 0.15) is 26.7 Å². The Kier molecular flexibility index (Phi) is 4.89. The molecule has 1 aromatic heterocycles. The van der Waals surface area contributed by atoms with Crippen molar-refractivity contribution in [2.45, 2.75) is 31.6 Å². The molecule has 0 fully saturated rings. The van der Waals surface area contributed by atoms with Gasteiger partial charge in [0.25, 0.3) is 0 Å². The normalized spacial score (nSPS) is 11.9. The van der Waals surface area contributed by atoms with Gasteiger partial charge < -0.3 is 4.98 Å². The number of nitrogens with one attached hydrogen (secondary N) is 1. The maximum Gasteiger partial charge on any atom is 0.248 e. The van der Waals surface area contributed by atoms with Crippen molar-refractivity contribution in [1.29, 1.82) is 0 Å². The minimum Gasteiger partial charge on any atom is -0.366 e. The fourth-order valence-electron chi connectivity index (χ4n) is 1.52. The molecule has 0 saturated heterocycles. The Morgan fingerprint density at radius 1 is 1.35 bits per heavy atom. The van der Waals surface area contributed by atoms with Crippen LogP contribution in [0.4, 0.5) is 0 Å². The van der Waals surface area contributed by atoms with Crippen molar-refractivity contribution < 1.29 is 8.42 Å². The van der Waals surface area contributed by atoms with Crippen LogP contribution >= 0.6 is 0 Å². The van der Waals surface area contributed by atoms with E-state index in [-0.39, 0.29) is 4.90 Å². The molecular weight excluding hydrogens is 240 g/mol. The van der Waals surface area contributed by atoms with Crippen LogP contribution in [0, 0.1) is 0 Å². The Hall–Kier alpha value is -1.14. The quantitative estimate of drug-likeness (QED) is 0.833. The molecule has 17 heavy (non-hydrogen) atoms. The summed E-state index contributed by atoms with van der Waals surface area (Å²) in [6.45, 7) is 4.58. The van der Waals surface area contributed by atoms with Gasteiger partial charge in [0.15, 0.2) is 0 Å². The Labute approximate surface area is 102 Å². The molecule has 1 N–H and O–H groups in total. The average molecular weight is 258 g/mol. The molecule has 0 aliphatic rings. The van der Waals surface area contributed by atoms with Crippen LogP contribution < -0.4 is 5.43 Å². The van der Waals surface area contributed by atoms with Gasteiger partial charge in [0, 0.05) is 31.5 Å². The molecule has 96 valence electrons. The van der Waals surface area contributed by atoms with Gasteiger partial charge >= 0.3 is 0 Å². The first kappa shape index (κ1) is 13.9. The minimum atomic E-state index is -3.66. The SMILES string of the molecule is CCCCN(CC)S(=O)(=O)c1c[nH]ccc1=O. The lowest BCUT2D eigenvalue weighted by Gasteiger charge is -2.19. The van der Waals surface area contributed by atoms with E-state index >= 15 is 0 Å². The molecule has 0 amide bonds. The molecule has 5 nitrogen and oxygen atoms in total. The van der Waals surface area contributed by atoms with E-state index in [1.54, 1.807) is 6.92 Å². The van der Waals surface area contributed by atoms with Gasteiger partial charge in [-0.05, 0) is 6.42 Å². The number of nitrogens with zero attached hydrogens (tertiary/aromatic N) is 1. The highest BCUT2D eigenvalue weighted by Crippen LogP contribution is 2.11. The zero-order valence-electron chi connectivity index (χ0n) is 10.1. The number of rotatable bonds is 6. The van der Waals surface area contributed by atoms with Crippen LogP contribution in [0.15, 0.2) is 28.2 Å². The molecule has 0 radical (unpaired) electrons. The summed E-state index contributed by atoms with van der Waals surface area (Å²) in [5.41, 5.74) is -0.473. The smallest absolute Gasteiger partial charge is 0.248 e. The number of pyridine rings is 1. The Bertz CT molecular complexity index is 507. The summed E-state index contributed by atoms with van der Waals surface area (Å²) in [6, 6.07) is 1.22. The topological polar surface area (TPSA) is 70.2 Å². The zero-order valence-corrected chi connectivity index (χ0v) is 11.0. The number of aromatic amines is 1. The van der Waals surface area contributed by atoms with E-state index in [0.717, 1.165) is 12.8 Å². The first-order chi connectivity index (χ1) is 8.04. The van der Waals surface area contributed by atoms with Crippen LogP contribution in [-0.2, 0) is 10.0 Å². The van der Waals surface area contributed by atoms with Crippen molar-refractivity contribution >= 4 is 10.0 Å². The highest BCUT2D eigenvalue weighted by Gasteiger charge is 2.24. The second kappa shape index (κ2) is 5.97. The molecule has 1 rings (SSSR count). The summed E-state index contributed by atoms with van der Waals surface area (Å²) < 4.78 is 25.7. The summed E-state index contributed by atoms with van der Waals surface area (Å²) in [5.74, 6) is 0. The van der Waals surface area contributed by atoms with E-state index in [1.165, 1.54) is 22.8 Å². The molecule has 0 unspecified atom stereocenters. The summed E-state index contributed by atoms with van der Waals surface area (Å²) >= 11 is 0. The lowest BCUT2D eigenvalue weighted by molar-refractivity contribution is 0.418. The molecule has 0 atom stereocenters. The van der Waals surface area contributed by atoms with E-state index in [2.05, 4.69) is 4.98 Å². The van der Waals surface area contributed by atoms with Crippen molar-refractivity contribution in [2.75, 3.05) is 13.1 Å². The van der Waals surface area contributed by atoms with Gasteiger partial charge in [-0.3, -0.25) is 4.79 Å². The molecule has 0 aliphatic carbocycles. The molecule has 1 aromatic rings. The van der Waals surface area contributed by atoms with Gasteiger partial charge in [-0.25, -0.2) is 8.42 Å². The number of hydrogen-bond acceptors (Lipinski definition) is 3. The molecule has 0 saturated carbocycles. The number of hydrogen-bond donors (Lipinski definition) is 1. The second-order valence-corrected chi connectivity index (χ2v) is 5.63. The maximum atomic E-state index is 12.2. The fraction of sp³-hybridized carbons (Fsp3) is 0.545. The summed E-state index contributed by atoms with van der Waals surface area (Å²) in [5, 5.41) is 0. The van der Waals surface area contributed by atoms with Crippen LogP contribution in [0.2, 0.25) is 0 Å². The van der Waals surface area contributed by atoms with Gasteiger partial charge in [0.1, 0.15) is 4.90 Å². The average Bonchev–Trinajstić information content (AvgIpc) is 2.30. The van der Waals surface area contributed by atoms with Gasteiger partial charge in [-0.1, -0.05) is 20.3 Å². The van der Waals surface area contributed by atoms with Crippen molar-refractivity contribution in [3.05, 3.63) is 28.7 Å².